The molecule has 38 heavy (non-hydrogen) atoms. The molecular weight excluding hydrogens is 492 g/mol. The van der Waals surface area contributed by atoms with Gasteiger partial charge in [0.1, 0.15) is 0 Å². The summed E-state index contributed by atoms with van der Waals surface area (Å²) in [4.78, 5) is 49.9. The maximum absolute atomic E-state index is 11.8. The van der Waals surface area contributed by atoms with E-state index in [0.29, 0.717) is 6.42 Å². The van der Waals surface area contributed by atoms with Gasteiger partial charge >= 0.3 is 23.9 Å². The first kappa shape index (κ1) is 37.5. The maximum Gasteiger partial charge on any atom is 0.330 e. The SMILES string of the molecule is C=C(C)C(=O)O.C=C(C)C(=O)O.C=C(C)C(=O)O.C=CC(=O)O.O=C(Cc1ccccc1)c1ccccc1. The maximum atomic E-state index is 11.8. The number of benzene rings is 2. The van der Waals surface area contributed by atoms with Crippen LogP contribution in [0.2, 0.25) is 0 Å². The Balaban J connectivity index is -0.000000450. The molecule has 4 N–H and O–H groups in total. The van der Waals surface area contributed by atoms with E-state index in [4.69, 9.17) is 20.4 Å². The number of carbonyl (C=O) groups is 5. The van der Waals surface area contributed by atoms with Gasteiger partial charge in [0.15, 0.2) is 5.78 Å². The Morgan fingerprint density at radius 1 is 0.632 bits per heavy atom. The average Bonchev–Trinajstić information content (AvgIpc) is 2.86. The summed E-state index contributed by atoms with van der Waals surface area (Å²) in [5.41, 5.74) is 2.37. The lowest BCUT2D eigenvalue weighted by Gasteiger charge is -2.00. The molecule has 2 aromatic rings. The first-order chi connectivity index (χ1) is 17.6. The van der Waals surface area contributed by atoms with Gasteiger partial charge < -0.3 is 20.4 Å². The van der Waals surface area contributed by atoms with Gasteiger partial charge in [-0.25, -0.2) is 19.2 Å². The van der Waals surface area contributed by atoms with Crippen LogP contribution in [0, 0.1) is 0 Å². The van der Waals surface area contributed by atoms with Crippen molar-refractivity contribution in [1.82, 2.24) is 0 Å². The van der Waals surface area contributed by atoms with Crippen LogP contribution in [0.25, 0.3) is 0 Å². The van der Waals surface area contributed by atoms with E-state index in [-0.39, 0.29) is 22.5 Å². The molecule has 0 amide bonds. The third-order valence-corrected chi connectivity index (χ3v) is 3.57. The van der Waals surface area contributed by atoms with E-state index in [1.165, 1.54) is 20.8 Å². The smallest absolute Gasteiger partial charge is 0.330 e. The number of carbonyl (C=O) groups excluding carboxylic acids is 1. The van der Waals surface area contributed by atoms with Crippen LogP contribution in [0.3, 0.4) is 0 Å². The summed E-state index contributed by atoms with van der Waals surface area (Å²) in [5.74, 6) is -3.62. The van der Waals surface area contributed by atoms with E-state index in [1.54, 1.807) is 0 Å². The third kappa shape index (κ3) is 25.6. The van der Waals surface area contributed by atoms with Gasteiger partial charge in [-0.15, -0.1) is 0 Å². The first-order valence-electron chi connectivity index (χ1n) is 10.7. The number of aliphatic carboxylic acids is 4. The van der Waals surface area contributed by atoms with Gasteiger partial charge in [-0.2, -0.15) is 0 Å². The van der Waals surface area contributed by atoms with Crippen molar-refractivity contribution in [3.63, 3.8) is 0 Å². The Bertz CT molecular complexity index is 1010. The van der Waals surface area contributed by atoms with Crippen molar-refractivity contribution in [2.75, 3.05) is 0 Å². The molecule has 0 atom stereocenters. The summed E-state index contributed by atoms with van der Waals surface area (Å²) < 4.78 is 0. The topological polar surface area (TPSA) is 166 Å². The predicted molar refractivity (Wildman–Crippen MR) is 146 cm³/mol. The zero-order valence-corrected chi connectivity index (χ0v) is 21.7. The second-order valence-electron chi connectivity index (χ2n) is 7.25. The number of Topliss-reactive ketones (excluding diaryl/α,β-unsaturated/α-hetero) is 1. The first-order valence-corrected chi connectivity index (χ1v) is 10.7. The number of hydrogen-bond donors (Lipinski definition) is 4. The summed E-state index contributed by atoms with van der Waals surface area (Å²) in [6.07, 6.45) is 1.31. The van der Waals surface area contributed by atoms with E-state index in [1.807, 2.05) is 60.7 Å². The molecule has 0 saturated heterocycles. The minimum Gasteiger partial charge on any atom is -0.478 e. The number of ketones is 1. The monoisotopic (exact) mass is 526 g/mol. The third-order valence-electron chi connectivity index (χ3n) is 3.57. The normalized spacial score (nSPS) is 8.29. The molecule has 0 unspecified atom stereocenters. The molecule has 0 radical (unpaired) electrons. The van der Waals surface area contributed by atoms with Crippen LogP contribution in [0.1, 0.15) is 36.7 Å². The molecule has 0 aliphatic rings. The molecule has 2 rings (SSSR count). The summed E-state index contributed by atoms with van der Waals surface area (Å²) in [6.45, 7) is 16.8. The van der Waals surface area contributed by atoms with Gasteiger partial charge in [-0.3, -0.25) is 4.79 Å². The lowest BCUT2D eigenvalue weighted by atomic mass is 10.0. The van der Waals surface area contributed by atoms with Crippen LogP contribution in [0.15, 0.2) is 110 Å². The lowest BCUT2D eigenvalue weighted by Crippen LogP contribution is -2.02. The molecule has 2 aromatic carbocycles. The molecule has 0 saturated carbocycles. The predicted octanol–water partition coefficient (Wildman–Crippen LogP) is 5.31. The molecule has 0 aliphatic carbocycles. The van der Waals surface area contributed by atoms with E-state index in [9.17, 15) is 24.0 Å². The van der Waals surface area contributed by atoms with E-state index in [2.05, 4.69) is 26.3 Å². The van der Waals surface area contributed by atoms with Crippen molar-refractivity contribution in [1.29, 1.82) is 0 Å². The highest BCUT2D eigenvalue weighted by Crippen LogP contribution is 2.06. The highest BCUT2D eigenvalue weighted by molar-refractivity contribution is 5.97. The fraction of sp³-hybridized carbons (Fsp3) is 0.138. The van der Waals surface area contributed by atoms with E-state index in [0.717, 1.165) is 17.2 Å². The fourth-order valence-corrected chi connectivity index (χ4v) is 1.51. The zero-order valence-electron chi connectivity index (χ0n) is 21.7. The molecule has 9 heteroatoms. The molecule has 9 nitrogen and oxygen atoms in total. The Morgan fingerprint density at radius 3 is 1.13 bits per heavy atom. The Labute approximate surface area is 222 Å². The van der Waals surface area contributed by atoms with Gasteiger partial charge in [-0.05, 0) is 26.3 Å². The second-order valence-corrected chi connectivity index (χ2v) is 7.25. The molecule has 0 spiro atoms. The number of hydrogen-bond acceptors (Lipinski definition) is 5. The second kappa shape index (κ2) is 22.4. The minimum atomic E-state index is -0.981. The van der Waals surface area contributed by atoms with Gasteiger partial charge in [0.2, 0.25) is 0 Å². The fourth-order valence-electron chi connectivity index (χ4n) is 1.51. The summed E-state index contributed by atoms with van der Waals surface area (Å²) in [5, 5.41) is 31.3. The van der Waals surface area contributed by atoms with Crippen molar-refractivity contribution in [2.24, 2.45) is 0 Å². The summed E-state index contributed by atoms with van der Waals surface area (Å²) >= 11 is 0. The molecule has 0 aromatic heterocycles. The Morgan fingerprint density at radius 2 is 0.895 bits per heavy atom. The Hall–Kier alpha value is -5.05. The van der Waals surface area contributed by atoms with Gasteiger partial charge in [0.25, 0.3) is 0 Å². The number of rotatable bonds is 7. The molecule has 0 heterocycles. The number of carboxylic acids is 4. The van der Waals surface area contributed by atoms with Gasteiger partial charge in [0.05, 0.1) is 0 Å². The van der Waals surface area contributed by atoms with Crippen LogP contribution in [0.4, 0.5) is 0 Å². The summed E-state index contributed by atoms with van der Waals surface area (Å²) in [6, 6.07) is 19.2. The zero-order chi connectivity index (χ0) is 30.3. The average molecular weight is 527 g/mol. The molecular formula is C29H34O9. The van der Waals surface area contributed by atoms with Crippen LogP contribution < -0.4 is 0 Å². The quantitative estimate of drug-likeness (QED) is 0.276. The van der Waals surface area contributed by atoms with Crippen LogP contribution in [0.5, 0.6) is 0 Å². The molecule has 204 valence electrons. The standard InChI is InChI=1S/C14H12O.3C4H6O2.C3H4O2/c15-14(13-9-5-2-6-10-13)11-12-7-3-1-4-8-12;3*1-3(2)4(5)6;1-2-3(4)5/h1-10H,11H2;3*1H2,2H3,(H,5,6);2H,1H2,(H,4,5). The minimum absolute atomic E-state index is 0.168. The van der Waals surface area contributed by atoms with Crippen molar-refractivity contribution < 1.29 is 44.4 Å². The van der Waals surface area contributed by atoms with Crippen molar-refractivity contribution >= 4 is 29.7 Å². The number of carboxylic acid groups (broad SMARTS) is 4. The van der Waals surface area contributed by atoms with Gasteiger partial charge in [0, 0.05) is 34.8 Å². The molecule has 0 aliphatic heterocycles. The van der Waals surface area contributed by atoms with Crippen LogP contribution in [-0.4, -0.2) is 50.1 Å². The lowest BCUT2D eigenvalue weighted by molar-refractivity contribution is -0.133. The van der Waals surface area contributed by atoms with Crippen molar-refractivity contribution in [2.45, 2.75) is 27.2 Å². The largest absolute Gasteiger partial charge is 0.478 e. The van der Waals surface area contributed by atoms with E-state index >= 15 is 0 Å². The molecule has 0 fully saturated rings. The van der Waals surface area contributed by atoms with Crippen molar-refractivity contribution in [3.8, 4) is 0 Å². The van der Waals surface area contributed by atoms with Gasteiger partial charge in [-0.1, -0.05) is 87.0 Å². The van der Waals surface area contributed by atoms with E-state index < -0.39 is 23.9 Å². The van der Waals surface area contributed by atoms with Crippen LogP contribution in [-0.2, 0) is 25.6 Å². The highest BCUT2D eigenvalue weighted by Gasteiger charge is 2.05. The van der Waals surface area contributed by atoms with Crippen LogP contribution >= 0.6 is 0 Å². The Kier molecular flexibility index (Phi) is 22.1. The highest BCUT2D eigenvalue weighted by atomic mass is 16.4. The molecule has 0 bridgehead atoms. The summed E-state index contributed by atoms with van der Waals surface area (Å²) in [7, 11) is 0. The van der Waals surface area contributed by atoms with Crippen molar-refractivity contribution in [3.05, 3.63) is 121 Å².